The van der Waals surface area contributed by atoms with E-state index in [4.69, 9.17) is 5.11 Å². The number of urea groups is 1. The first-order valence-electron chi connectivity index (χ1n) is 5.44. The molecule has 0 aliphatic carbocycles. The summed E-state index contributed by atoms with van der Waals surface area (Å²) in [5.41, 5.74) is 0. The fourth-order valence-electron chi connectivity index (χ4n) is 1.50. The Morgan fingerprint density at radius 3 is 2.71 bits per heavy atom. The molecule has 0 aromatic carbocycles. The van der Waals surface area contributed by atoms with Crippen molar-refractivity contribution in [2.24, 2.45) is 5.92 Å². The smallest absolute Gasteiger partial charge is 0.315 e. The van der Waals surface area contributed by atoms with Gasteiger partial charge in [-0.25, -0.2) is 4.79 Å². The standard InChI is InChI=1S/C10H17N3O4/c1-6(9(15)16)5-11-10(17)12-7-3-4-13(2)8(7)14/h6-7H,3-5H2,1-2H3,(H,15,16)(H2,11,12,17). The molecule has 1 rings (SSSR count). The zero-order valence-electron chi connectivity index (χ0n) is 9.90. The molecule has 1 fully saturated rings. The highest BCUT2D eigenvalue weighted by Gasteiger charge is 2.30. The normalized spacial score (nSPS) is 21.2. The highest BCUT2D eigenvalue weighted by Crippen LogP contribution is 2.07. The zero-order chi connectivity index (χ0) is 13.0. The van der Waals surface area contributed by atoms with Gasteiger partial charge in [-0.05, 0) is 6.42 Å². The number of nitrogens with zero attached hydrogens (tertiary/aromatic N) is 1. The van der Waals surface area contributed by atoms with Crippen molar-refractivity contribution in [3.8, 4) is 0 Å². The largest absolute Gasteiger partial charge is 0.481 e. The van der Waals surface area contributed by atoms with E-state index in [1.807, 2.05) is 0 Å². The van der Waals surface area contributed by atoms with Gasteiger partial charge in [0.05, 0.1) is 5.92 Å². The van der Waals surface area contributed by atoms with Crippen LogP contribution in [-0.2, 0) is 9.59 Å². The van der Waals surface area contributed by atoms with Crippen molar-refractivity contribution >= 4 is 17.9 Å². The van der Waals surface area contributed by atoms with Gasteiger partial charge in [0.1, 0.15) is 6.04 Å². The van der Waals surface area contributed by atoms with Crippen LogP contribution in [0.3, 0.4) is 0 Å². The first-order chi connectivity index (χ1) is 7.91. The molecule has 0 aromatic rings. The van der Waals surface area contributed by atoms with Crippen molar-refractivity contribution in [1.82, 2.24) is 15.5 Å². The molecule has 1 aliphatic heterocycles. The molecule has 3 N–H and O–H groups in total. The second-order valence-electron chi connectivity index (χ2n) is 4.19. The molecule has 1 saturated heterocycles. The van der Waals surface area contributed by atoms with E-state index in [9.17, 15) is 14.4 Å². The molecule has 2 unspecified atom stereocenters. The Labute approximate surface area is 99.2 Å². The van der Waals surface area contributed by atoms with Crippen LogP contribution in [-0.4, -0.2) is 54.1 Å². The fourth-order valence-corrected chi connectivity index (χ4v) is 1.50. The predicted molar refractivity (Wildman–Crippen MR) is 59.4 cm³/mol. The Hall–Kier alpha value is -1.79. The summed E-state index contributed by atoms with van der Waals surface area (Å²) >= 11 is 0. The second-order valence-corrected chi connectivity index (χ2v) is 4.19. The number of amides is 3. The minimum atomic E-state index is -0.970. The molecule has 7 heteroatoms. The van der Waals surface area contributed by atoms with Crippen LogP contribution in [0.15, 0.2) is 0 Å². The first kappa shape index (κ1) is 13.3. The molecule has 0 saturated carbocycles. The van der Waals surface area contributed by atoms with Crippen LogP contribution in [0.4, 0.5) is 4.79 Å². The fraction of sp³-hybridized carbons (Fsp3) is 0.700. The van der Waals surface area contributed by atoms with Crippen molar-refractivity contribution in [3.05, 3.63) is 0 Å². The second kappa shape index (κ2) is 5.51. The minimum Gasteiger partial charge on any atom is -0.481 e. The molecule has 0 radical (unpaired) electrons. The number of hydrogen-bond acceptors (Lipinski definition) is 3. The third kappa shape index (κ3) is 3.61. The lowest BCUT2D eigenvalue weighted by Gasteiger charge is -2.14. The Morgan fingerprint density at radius 1 is 1.59 bits per heavy atom. The topological polar surface area (TPSA) is 98.7 Å². The number of hydrogen-bond donors (Lipinski definition) is 3. The predicted octanol–water partition coefficient (Wildman–Crippen LogP) is -0.763. The van der Waals surface area contributed by atoms with E-state index in [1.165, 1.54) is 6.92 Å². The van der Waals surface area contributed by atoms with Gasteiger partial charge in [0.15, 0.2) is 0 Å². The summed E-state index contributed by atoms with van der Waals surface area (Å²) in [6.45, 7) is 2.16. The molecule has 96 valence electrons. The van der Waals surface area contributed by atoms with E-state index in [2.05, 4.69) is 10.6 Å². The summed E-state index contributed by atoms with van der Waals surface area (Å²) in [5.74, 6) is -1.74. The van der Waals surface area contributed by atoms with Gasteiger partial charge in [-0.2, -0.15) is 0 Å². The van der Waals surface area contributed by atoms with Crippen molar-refractivity contribution in [2.75, 3.05) is 20.1 Å². The summed E-state index contributed by atoms with van der Waals surface area (Å²) in [7, 11) is 1.68. The van der Waals surface area contributed by atoms with E-state index in [0.29, 0.717) is 13.0 Å². The van der Waals surface area contributed by atoms with Gasteiger partial charge in [0.25, 0.3) is 0 Å². The molecular weight excluding hydrogens is 226 g/mol. The average molecular weight is 243 g/mol. The molecule has 0 aromatic heterocycles. The molecule has 0 spiro atoms. The highest BCUT2D eigenvalue weighted by molar-refractivity contribution is 5.88. The quantitative estimate of drug-likeness (QED) is 0.604. The van der Waals surface area contributed by atoms with Gasteiger partial charge in [-0.3, -0.25) is 9.59 Å². The Kier molecular flexibility index (Phi) is 4.30. The van der Waals surface area contributed by atoms with Crippen LogP contribution < -0.4 is 10.6 Å². The van der Waals surface area contributed by atoms with Crippen molar-refractivity contribution < 1.29 is 19.5 Å². The van der Waals surface area contributed by atoms with Gasteiger partial charge >= 0.3 is 12.0 Å². The number of aliphatic carboxylic acids is 1. The first-order valence-corrected chi connectivity index (χ1v) is 5.44. The molecular formula is C10H17N3O4. The third-order valence-electron chi connectivity index (χ3n) is 2.72. The van der Waals surface area contributed by atoms with Crippen LogP contribution in [0.1, 0.15) is 13.3 Å². The van der Waals surface area contributed by atoms with Crippen LogP contribution in [0.2, 0.25) is 0 Å². The summed E-state index contributed by atoms with van der Waals surface area (Å²) < 4.78 is 0. The van der Waals surface area contributed by atoms with Gasteiger partial charge in [-0.15, -0.1) is 0 Å². The third-order valence-corrected chi connectivity index (χ3v) is 2.72. The van der Waals surface area contributed by atoms with Gasteiger partial charge in [0.2, 0.25) is 5.91 Å². The zero-order valence-corrected chi connectivity index (χ0v) is 9.90. The van der Waals surface area contributed by atoms with E-state index < -0.39 is 24.0 Å². The number of rotatable bonds is 4. The molecule has 1 heterocycles. The maximum atomic E-state index is 11.5. The summed E-state index contributed by atoms with van der Waals surface area (Å²) in [6.07, 6.45) is 0.581. The SMILES string of the molecule is CC(CNC(=O)NC1CCN(C)C1=O)C(=O)O. The van der Waals surface area contributed by atoms with E-state index >= 15 is 0 Å². The average Bonchev–Trinajstić information content (AvgIpc) is 2.57. The molecule has 2 atom stereocenters. The lowest BCUT2D eigenvalue weighted by Crippen LogP contribution is -2.47. The van der Waals surface area contributed by atoms with Gasteiger partial charge in [0, 0.05) is 20.1 Å². The lowest BCUT2D eigenvalue weighted by atomic mass is 10.2. The summed E-state index contributed by atoms with van der Waals surface area (Å²) in [6, 6.07) is -1.01. The number of likely N-dealkylation sites (tertiary alicyclic amines) is 1. The maximum absolute atomic E-state index is 11.5. The number of carboxylic acid groups (broad SMARTS) is 1. The minimum absolute atomic E-state index is 0.0396. The molecule has 1 aliphatic rings. The molecule has 3 amide bonds. The number of likely N-dealkylation sites (N-methyl/N-ethyl adjacent to an activating group) is 1. The van der Waals surface area contributed by atoms with Crippen molar-refractivity contribution in [3.63, 3.8) is 0 Å². The molecule has 17 heavy (non-hydrogen) atoms. The van der Waals surface area contributed by atoms with E-state index in [1.54, 1.807) is 11.9 Å². The highest BCUT2D eigenvalue weighted by atomic mass is 16.4. The van der Waals surface area contributed by atoms with Crippen LogP contribution in [0.5, 0.6) is 0 Å². The van der Waals surface area contributed by atoms with Gasteiger partial charge in [-0.1, -0.05) is 6.92 Å². The maximum Gasteiger partial charge on any atom is 0.315 e. The molecule has 7 nitrogen and oxygen atoms in total. The summed E-state index contributed by atoms with van der Waals surface area (Å²) in [5, 5.41) is 13.6. The van der Waals surface area contributed by atoms with Crippen molar-refractivity contribution in [1.29, 1.82) is 0 Å². The van der Waals surface area contributed by atoms with Crippen molar-refractivity contribution in [2.45, 2.75) is 19.4 Å². The Morgan fingerprint density at radius 2 is 2.24 bits per heavy atom. The Balaban J connectivity index is 2.31. The number of carbonyl (C=O) groups excluding carboxylic acids is 2. The van der Waals surface area contributed by atoms with E-state index in [-0.39, 0.29) is 12.5 Å². The number of carboxylic acids is 1. The van der Waals surface area contributed by atoms with E-state index in [0.717, 1.165) is 0 Å². The van der Waals surface area contributed by atoms with Crippen LogP contribution in [0.25, 0.3) is 0 Å². The lowest BCUT2D eigenvalue weighted by molar-refractivity contribution is -0.140. The Bertz CT molecular complexity index is 332. The number of nitrogens with one attached hydrogen (secondary N) is 2. The monoisotopic (exact) mass is 243 g/mol. The van der Waals surface area contributed by atoms with Crippen LogP contribution >= 0.6 is 0 Å². The molecule has 0 bridgehead atoms. The van der Waals surface area contributed by atoms with Gasteiger partial charge < -0.3 is 20.6 Å². The van der Waals surface area contributed by atoms with Crippen LogP contribution in [0, 0.1) is 5.92 Å². The summed E-state index contributed by atoms with van der Waals surface area (Å²) in [4.78, 5) is 34.9. The number of carbonyl (C=O) groups is 3.